The van der Waals surface area contributed by atoms with Crippen molar-refractivity contribution in [3.63, 3.8) is 0 Å². The number of carbonyl (C=O) groups excluding carboxylic acids is 1. The third kappa shape index (κ3) is 3.65. The third-order valence-electron chi connectivity index (χ3n) is 5.24. The molecule has 0 aliphatic carbocycles. The highest BCUT2D eigenvalue weighted by Crippen LogP contribution is 2.32. The maximum Gasteiger partial charge on any atom is 0.252 e. The summed E-state index contributed by atoms with van der Waals surface area (Å²) >= 11 is 0. The number of morpholine rings is 1. The molecule has 8 heteroatoms. The van der Waals surface area contributed by atoms with E-state index in [-0.39, 0.29) is 36.6 Å². The number of anilines is 2. The summed E-state index contributed by atoms with van der Waals surface area (Å²) in [6.07, 6.45) is 0.541. The van der Waals surface area contributed by atoms with Crippen LogP contribution in [0.4, 0.5) is 11.5 Å². The number of aromatic amines is 1. The lowest BCUT2D eigenvalue weighted by Gasteiger charge is -2.32. The fraction of sp³-hybridized carbons (Fsp3) is 0.450. The van der Waals surface area contributed by atoms with Gasteiger partial charge in [-0.3, -0.25) is 9.59 Å². The smallest absolute Gasteiger partial charge is 0.252 e. The Hall–Kier alpha value is -2.71. The lowest BCUT2D eigenvalue weighted by Crippen LogP contribution is -2.45. The number of aliphatic hydroxyl groups is 1. The van der Waals surface area contributed by atoms with Crippen molar-refractivity contribution in [1.82, 2.24) is 9.97 Å². The predicted octanol–water partition coefficient (Wildman–Crippen LogP) is 0.488. The molecule has 1 aromatic carbocycles. The van der Waals surface area contributed by atoms with Crippen LogP contribution >= 0.6 is 0 Å². The second-order valence-electron chi connectivity index (χ2n) is 7.29. The molecule has 8 nitrogen and oxygen atoms in total. The molecule has 0 radical (unpaired) electrons. The van der Waals surface area contributed by atoms with Crippen molar-refractivity contribution < 1.29 is 14.6 Å². The maximum absolute atomic E-state index is 13.0. The van der Waals surface area contributed by atoms with E-state index in [9.17, 15) is 14.7 Å². The SMILES string of the molecule is CC1Cc2ccccc2N1C(=O)Cc1nc(N2CCOC(CO)C2)cc(=O)[nH]1. The van der Waals surface area contributed by atoms with Gasteiger partial charge < -0.3 is 24.6 Å². The van der Waals surface area contributed by atoms with Crippen molar-refractivity contribution >= 4 is 17.4 Å². The highest BCUT2D eigenvalue weighted by Gasteiger charge is 2.31. The van der Waals surface area contributed by atoms with E-state index in [2.05, 4.69) is 9.97 Å². The summed E-state index contributed by atoms with van der Waals surface area (Å²) in [5.41, 5.74) is 1.79. The van der Waals surface area contributed by atoms with Crippen LogP contribution in [-0.2, 0) is 22.4 Å². The first-order valence-corrected chi connectivity index (χ1v) is 9.52. The average Bonchev–Trinajstić information content (AvgIpc) is 3.03. The minimum absolute atomic E-state index is 0.0233. The molecule has 2 N–H and O–H groups in total. The fourth-order valence-corrected chi connectivity index (χ4v) is 3.95. The largest absolute Gasteiger partial charge is 0.394 e. The number of para-hydroxylation sites is 1. The van der Waals surface area contributed by atoms with E-state index in [1.54, 1.807) is 4.90 Å². The number of ether oxygens (including phenoxy) is 1. The molecule has 148 valence electrons. The molecule has 0 bridgehead atoms. The van der Waals surface area contributed by atoms with Gasteiger partial charge in [-0.25, -0.2) is 4.98 Å². The molecule has 2 atom stereocenters. The lowest BCUT2D eigenvalue weighted by molar-refractivity contribution is -0.118. The van der Waals surface area contributed by atoms with Gasteiger partial charge in [0, 0.05) is 30.9 Å². The molecular formula is C20H24N4O4. The van der Waals surface area contributed by atoms with Gasteiger partial charge in [0.05, 0.1) is 25.7 Å². The van der Waals surface area contributed by atoms with Gasteiger partial charge in [-0.15, -0.1) is 0 Å². The number of nitrogens with one attached hydrogen (secondary N) is 1. The maximum atomic E-state index is 13.0. The van der Waals surface area contributed by atoms with Crippen molar-refractivity contribution in [2.75, 3.05) is 36.1 Å². The molecule has 1 amide bonds. The van der Waals surface area contributed by atoms with Gasteiger partial charge in [0.15, 0.2) is 0 Å². The van der Waals surface area contributed by atoms with Gasteiger partial charge in [0.1, 0.15) is 11.6 Å². The molecule has 4 rings (SSSR count). The predicted molar refractivity (Wildman–Crippen MR) is 105 cm³/mol. The Bertz CT molecular complexity index is 928. The van der Waals surface area contributed by atoms with Crippen LogP contribution in [0.25, 0.3) is 0 Å². The molecule has 0 saturated carbocycles. The summed E-state index contributed by atoms with van der Waals surface area (Å²) in [4.78, 5) is 36.0. The summed E-state index contributed by atoms with van der Waals surface area (Å²) < 4.78 is 5.45. The number of H-pyrrole nitrogens is 1. The molecule has 2 aromatic rings. The minimum atomic E-state index is -0.304. The number of hydrogen-bond donors (Lipinski definition) is 2. The Morgan fingerprint density at radius 2 is 2.21 bits per heavy atom. The van der Waals surface area contributed by atoms with E-state index in [0.717, 1.165) is 17.7 Å². The summed E-state index contributed by atoms with van der Waals surface area (Å²) in [5, 5.41) is 9.32. The minimum Gasteiger partial charge on any atom is -0.394 e. The Morgan fingerprint density at radius 1 is 1.39 bits per heavy atom. The monoisotopic (exact) mass is 384 g/mol. The van der Waals surface area contributed by atoms with Crippen molar-refractivity contribution in [2.45, 2.75) is 31.9 Å². The zero-order valence-corrected chi connectivity index (χ0v) is 15.8. The first kappa shape index (κ1) is 18.6. The van der Waals surface area contributed by atoms with Gasteiger partial charge in [-0.1, -0.05) is 18.2 Å². The summed E-state index contributed by atoms with van der Waals surface area (Å²) in [6.45, 7) is 3.42. The van der Waals surface area contributed by atoms with E-state index in [0.29, 0.717) is 31.3 Å². The number of rotatable bonds is 4. The Balaban J connectivity index is 1.55. The number of amides is 1. The molecule has 1 fully saturated rings. The van der Waals surface area contributed by atoms with Crippen LogP contribution in [0.5, 0.6) is 0 Å². The van der Waals surface area contributed by atoms with E-state index >= 15 is 0 Å². The highest BCUT2D eigenvalue weighted by molar-refractivity contribution is 5.97. The molecule has 3 heterocycles. The van der Waals surface area contributed by atoms with Gasteiger partial charge in [-0.05, 0) is 25.0 Å². The Morgan fingerprint density at radius 3 is 3.04 bits per heavy atom. The third-order valence-corrected chi connectivity index (χ3v) is 5.24. The van der Waals surface area contributed by atoms with Gasteiger partial charge in [-0.2, -0.15) is 0 Å². The summed E-state index contributed by atoms with van der Waals surface area (Å²) in [7, 11) is 0. The van der Waals surface area contributed by atoms with Crippen LogP contribution < -0.4 is 15.4 Å². The van der Waals surface area contributed by atoms with E-state index in [1.165, 1.54) is 6.07 Å². The number of carbonyl (C=O) groups is 1. The van der Waals surface area contributed by atoms with E-state index in [1.807, 2.05) is 36.1 Å². The van der Waals surface area contributed by atoms with Gasteiger partial charge >= 0.3 is 0 Å². The van der Waals surface area contributed by atoms with Crippen LogP contribution in [0.2, 0.25) is 0 Å². The highest BCUT2D eigenvalue weighted by atomic mass is 16.5. The molecular weight excluding hydrogens is 360 g/mol. The van der Waals surface area contributed by atoms with Crippen molar-refractivity contribution in [2.24, 2.45) is 0 Å². The second-order valence-corrected chi connectivity index (χ2v) is 7.29. The molecule has 2 aliphatic heterocycles. The first-order valence-electron chi connectivity index (χ1n) is 9.52. The van der Waals surface area contributed by atoms with Crippen LogP contribution in [0, 0.1) is 0 Å². The summed E-state index contributed by atoms with van der Waals surface area (Å²) in [6, 6.07) is 9.38. The number of benzene rings is 1. The second kappa shape index (κ2) is 7.73. The van der Waals surface area contributed by atoms with Crippen molar-refractivity contribution in [3.8, 4) is 0 Å². The first-order chi connectivity index (χ1) is 13.5. The molecule has 28 heavy (non-hydrogen) atoms. The Kier molecular flexibility index (Phi) is 5.15. The van der Waals surface area contributed by atoms with E-state index < -0.39 is 0 Å². The molecule has 1 saturated heterocycles. The number of hydrogen-bond acceptors (Lipinski definition) is 6. The van der Waals surface area contributed by atoms with Crippen molar-refractivity contribution in [3.05, 3.63) is 52.1 Å². The van der Waals surface area contributed by atoms with E-state index in [4.69, 9.17) is 4.74 Å². The summed E-state index contributed by atoms with van der Waals surface area (Å²) in [5.74, 6) is 0.757. The standard InChI is InChI=1S/C20H24N4O4/c1-13-8-14-4-2-3-5-16(14)24(13)20(27)9-17-21-18(10-19(26)22-17)23-6-7-28-15(11-23)12-25/h2-5,10,13,15,25H,6-9,11-12H2,1H3,(H,21,22,26). The quantitative estimate of drug-likeness (QED) is 0.796. The molecule has 1 aromatic heterocycles. The number of fused-ring (bicyclic) bond motifs is 1. The normalized spacial score (nSPS) is 21.6. The van der Waals surface area contributed by atoms with Crippen LogP contribution in [0.15, 0.2) is 35.1 Å². The topological polar surface area (TPSA) is 98.8 Å². The molecule has 2 unspecified atom stereocenters. The van der Waals surface area contributed by atoms with Crippen molar-refractivity contribution in [1.29, 1.82) is 0 Å². The van der Waals surface area contributed by atoms with Crippen LogP contribution in [0.1, 0.15) is 18.3 Å². The zero-order valence-electron chi connectivity index (χ0n) is 15.8. The fourth-order valence-electron chi connectivity index (χ4n) is 3.95. The van der Waals surface area contributed by atoms with Gasteiger partial charge in [0.2, 0.25) is 5.91 Å². The molecule has 2 aliphatic rings. The number of aromatic nitrogens is 2. The number of nitrogens with zero attached hydrogens (tertiary/aromatic N) is 3. The van der Waals surface area contributed by atoms with Crippen LogP contribution in [0.3, 0.4) is 0 Å². The lowest BCUT2D eigenvalue weighted by atomic mass is 10.1. The van der Waals surface area contributed by atoms with Gasteiger partial charge in [0.25, 0.3) is 5.56 Å². The Labute approximate surface area is 162 Å². The molecule has 0 spiro atoms. The zero-order chi connectivity index (χ0) is 19.7. The number of aliphatic hydroxyl groups excluding tert-OH is 1. The van der Waals surface area contributed by atoms with Crippen LogP contribution in [-0.4, -0.2) is 59.4 Å². The average molecular weight is 384 g/mol.